The molecule has 0 bridgehead atoms. The van der Waals surface area contributed by atoms with E-state index in [-0.39, 0.29) is 18.1 Å². The molecule has 2 rings (SSSR count). The maximum atomic E-state index is 12.7. The Bertz CT molecular complexity index is 613. The minimum absolute atomic E-state index is 0.0333. The molecule has 20 heavy (non-hydrogen) atoms. The summed E-state index contributed by atoms with van der Waals surface area (Å²) in [5.41, 5.74) is -2.25. The van der Waals surface area contributed by atoms with Crippen LogP contribution in [0.4, 0.5) is 24.5 Å². The lowest BCUT2D eigenvalue weighted by Gasteiger charge is -2.10. The lowest BCUT2D eigenvalue weighted by atomic mass is 10.1. The minimum Gasteiger partial charge on any atom is -0.378 e. The van der Waals surface area contributed by atoms with E-state index in [1.807, 2.05) is 0 Å². The van der Waals surface area contributed by atoms with Gasteiger partial charge in [0.15, 0.2) is 5.82 Å². The molecule has 1 aromatic heterocycles. The van der Waals surface area contributed by atoms with Crippen molar-refractivity contribution in [1.82, 2.24) is 10.1 Å². The smallest absolute Gasteiger partial charge is 0.378 e. The van der Waals surface area contributed by atoms with Gasteiger partial charge in [0.25, 0.3) is 5.69 Å². The molecule has 2 aromatic rings. The van der Waals surface area contributed by atoms with Gasteiger partial charge in [0, 0.05) is 11.8 Å². The molecular formula is C10H7F3N4O3. The van der Waals surface area contributed by atoms with E-state index in [0.717, 1.165) is 12.5 Å². The van der Waals surface area contributed by atoms with Crippen LogP contribution in [0.1, 0.15) is 11.4 Å². The molecule has 106 valence electrons. The zero-order chi connectivity index (χ0) is 14.8. The van der Waals surface area contributed by atoms with Crippen molar-refractivity contribution in [1.29, 1.82) is 0 Å². The van der Waals surface area contributed by atoms with Crippen LogP contribution in [0.25, 0.3) is 0 Å². The van der Waals surface area contributed by atoms with Gasteiger partial charge in [-0.3, -0.25) is 10.1 Å². The van der Waals surface area contributed by atoms with Crippen molar-refractivity contribution in [3.63, 3.8) is 0 Å². The molecule has 0 aliphatic carbocycles. The van der Waals surface area contributed by atoms with Crippen LogP contribution in [0.2, 0.25) is 0 Å². The van der Waals surface area contributed by atoms with Gasteiger partial charge in [0.2, 0.25) is 6.39 Å². The van der Waals surface area contributed by atoms with Crippen molar-refractivity contribution < 1.29 is 22.6 Å². The maximum absolute atomic E-state index is 12.7. The van der Waals surface area contributed by atoms with E-state index in [9.17, 15) is 23.3 Å². The molecule has 1 aromatic carbocycles. The van der Waals surface area contributed by atoms with Crippen LogP contribution in [-0.4, -0.2) is 15.1 Å². The fraction of sp³-hybridized carbons (Fsp3) is 0.200. The predicted molar refractivity (Wildman–Crippen MR) is 59.7 cm³/mol. The van der Waals surface area contributed by atoms with E-state index in [1.54, 1.807) is 0 Å². The Hall–Kier alpha value is -2.65. The zero-order valence-electron chi connectivity index (χ0n) is 9.72. The first-order chi connectivity index (χ1) is 9.38. The third-order valence-corrected chi connectivity index (χ3v) is 2.36. The van der Waals surface area contributed by atoms with E-state index in [4.69, 9.17) is 0 Å². The molecule has 1 heterocycles. The number of rotatable bonds is 4. The number of hydrogen-bond donors (Lipinski definition) is 1. The lowest BCUT2D eigenvalue weighted by Crippen LogP contribution is -2.10. The number of nitrogens with one attached hydrogen (secondary N) is 1. The Morgan fingerprint density at radius 2 is 2.15 bits per heavy atom. The minimum atomic E-state index is -4.81. The predicted octanol–water partition coefficient (Wildman–Crippen LogP) is 2.61. The van der Waals surface area contributed by atoms with Gasteiger partial charge in [-0.2, -0.15) is 18.2 Å². The molecule has 0 aliphatic rings. The van der Waals surface area contributed by atoms with Gasteiger partial charge >= 0.3 is 6.18 Å². The summed E-state index contributed by atoms with van der Waals surface area (Å²) in [7, 11) is 0. The van der Waals surface area contributed by atoms with Gasteiger partial charge in [-0.1, -0.05) is 5.16 Å². The summed E-state index contributed by atoms with van der Waals surface area (Å²) >= 11 is 0. The third-order valence-electron chi connectivity index (χ3n) is 2.36. The van der Waals surface area contributed by atoms with Gasteiger partial charge in [0.05, 0.1) is 11.5 Å². The molecule has 1 N–H and O–H groups in total. The number of alkyl halides is 3. The van der Waals surface area contributed by atoms with Crippen molar-refractivity contribution in [3.05, 3.63) is 46.1 Å². The summed E-state index contributed by atoms with van der Waals surface area (Å²) in [5.74, 6) is 0.247. The van der Waals surface area contributed by atoms with Crippen molar-refractivity contribution in [3.8, 4) is 0 Å². The maximum Gasteiger partial charge on any atom is 0.423 e. The van der Waals surface area contributed by atoms with E-state index < -0.39 is 22.4 Å². The highest BCUT2D eigenvalue weighted by atomic mass is 19.4. The molecule has 0 unspecified atom stereocenters. The van der Waals surface area contributed by atoms with Crippen LogP contribution >= 0.6 is 0 Å². The highest BCUT2D eigenvalue weighted by Crippen LogP contribution is 2.37. The number of nitro groups is 1. The fourth-order valence-corrected chi connectivity index (χ4v) is 1.48. The first kappa shape index (κ1) is 13.8. The quantitative estimate of drug-likeness (QED) is 0.686. The summed E-state index contributed by atoms with van der Waals surface area (Å²) in [6.07, 6.45) is -3.74. The molecule has 0 fully saturated rings. The molecule has 0 amide bonds. The van der Waals surface area contributed by atoms with Gasteiger partial charge in [-0.25, -0.2) is 0 Å². The van der Waals surface area contributed by atoms with Crippen molar-refractivity contribution >= 4 is 11.4 Å². The second kappa shape index (κ2) is 5.15. The molecule has 0 saturated carbocycles. The van der Waals surface area contributed by atoms with Crippen LogP contribution in [0.5, 0.6) is 0 Å². The summed E-state index contributed by atoms with van der Waals surface area (Å²) in [4.78, 5) is 13.2. The van der Waals surface area contributed by atoms with Crippen molar-refractivity contribution in [2.24, 2.45) is 0 Å². The fourth-order valence-electron chi connectivity index (χ4n) is 1.48. The molecule has 0 spiro atoms. The molecule has 0 radical (unpaired) electrons. The Morgan fingerprint density at radius 1 is 1.40 bits per heavy atom. The third kappa shape index (κ3) is 3.02. The first-order valence-electron chi connectivity index (χ1n) is 5.22. The van der Waals surface area contributed by atoms with Gasteiger partial charge in [-0.05, 0) is 12.1 Å². The molecule has 0 atom stereocenters. The largest absolute Gasteiger partial charge is 0.423 e. The van der Waals surface area contributed by atoms with Crippen LogP contribution in [0.15, 0.2) is 29.1 Å². The number of halogens is 3. The van der Waals surface area contributed by atoms with Crippen molar-refractivity contribution in [2.45, 2.75) is 12.7 Å². The molecule has 10 heteroatoms. The topological polar surface area (TPSA) is 94.1 Å². The number of aromatic nitrogens is 2. The monoisotopic (exact) mass is 288 g/mol. The lowest BCUT2D eigenvalue weighted by molar-refractivity contribution is -0.388. The van der Waals surface area contributed by atoms with Gasteiger partial charge in [0.1, 0.15) is 5.56 Å². The molecule has 0 aliphatic heterocycles. The van der Waals surface area contributed by atoms with Gasteiger partial charge < -0.3 is 9.84 Å². The standard InChI is InChI=1S/C10H7F3N4O3/c11-10(12,13)7-3-6(1-2-8(7)17(18)19)14-4-9-15-5-20-16-9/h1-3,5,14H,4H2. The van der Waals surface area contributed by atoms with Crippen LogP contribution in [-0.2, 0) is 12.7 Å². The Kier molecular flexibility index (Phi) is 3.55. The van der Waals surface area contributed by atoms with Crippen LogP contribution in [0.3, 0.4) is 0 Å². The first-order valence-corrected chi connectivity index (χ1v) is 5.22. The normalized spacial score (nSPS) is 11.3. The van der Waals surface area contributed by atoms with Crippen LogP contribution in [0, 0.1) is 10.1 Å². The second-order valence-corrected chi connectivity index (χ2v) is 3.69. The zero-order valence-corrected chi connectivity index (χ0v) is 9.72. The highest BCUT2D eigenvalue weighted by Gasteiger charge is 2.38. The van der Waals surface area contributed by atoms with E-state index in [0.29, 0.717) is 6.07 Å². The Balaban J connectivity index is 2.25. The average Bonchev–Trinajstić information content (AvgIpc) is 2.88. The Morgan fingerprint density at radius 3 is 2.70 bits per heavy atom. The number of anilines is 1. The average molecular weight is 288 g/mol. The number of nitro benzene ring substituents is 1. The summed E-state index contributed by atoms with van der Waals surface area (Å²) in [6.45, 7) is 0.0333. The highest BCUT2D eigenvalue weighted by molar-refractivity contribution is 5.55. The summed E-state index contributed by atoms with van der Waals surface area (Å²) in [5, 5.41) is 16.7. The molecular weight excluding hydrogens is 281 g/mol. The second-order valence-electron chi connectivity index (χ2n) is 3.69. The van der Waals surface area contributed by atoms with E-state index in [2.05, 4.69) is 20.0 Å². The van der Waals surface area contributed by atoms with E-state index >= 15 is 0 Å². The summed E-state index contributed by atoms with van der Waals surface area (Å²) < 4.78 is 42.7. The van der Waals surface area contributed by atoms with Gasteiger partial charge in [-0.15, -0.1) is 0 Å². The number of hydrogen-bond acceptors (Lipinski definition) is 6. The summed E-state index contributed by atoms with van der Waals surface area (Å²) in [6, 6.07) is 2.63. The number of nitrogens with zero attached hydrogens (tertiary/aromatic N) is 3. The van der Waals surface area contributed by atoms with Crippen LogP contribution < -0.4 is 5.32 Å². The number of benzene rings is 1. The Labute approximate surface area is 109 Å². The molecule has 7 nitrogen and oxygen atoms in total. The van der Waals surface area contributed by atoms with E-state index in [1.165, 1.54) is 6.07 Å². The SMILES string of the molecule is O=[N+]([O-])c1ccc(NCc2ncon2)cc1C(F)(F)F. The molecule has 0 saturated heterocycles. The van der Waals surface area contributed by atoms with Crippen molar-refractivity contribution in [2.75, 3.05) is 5.32 Å².